The minimum atomic E-state index is 0.684. The van der Waals surface area contributed by atoms with Crippen LogP contribution in [0.3, 0.4) is 0 Å². The first-order valence-electron chi connectivity index (χ1n) is 7.47. The molecule has 2 unspecified atom stereocenters. The second kappa shape index (κ2) is 6.38. The standard InChI is InChI=1S/C16H27N3/c1-12(2)8-17-9-15-7-16(5-6-18-15)19-10-13(3)14(4)11-19/h5-7,12-14,17H,8-11H2,1-4H3. The molecule has 0 amide bonds. The van der Waals surface area contributed by atoms with Crippen molar-refractivity contribution in [2.24, 2.45) is 17.8 Å². The fraction of sp³-hybridized carbons (Fsp3) is 0.688. The first-order chi connectivity index (χ1) is 9.06. The Labute approximate surface area is 117 Å². The van der Waals surface area contributed by atoms with E-state index in [9.17, 15) is 0 Å². The number of anilines is 1. The van der Waals surface area contributed by atoms with Gasteiger partial charge in [0.15, 0.2) is 0 Å². The predicted octanol–water partition coefficient (Wildman–Crippen LogP) is 2.92. The molecule has 3 heteroatoms. The third kappa shape index (κ3) is 3.93. The number of nitrogens with zero attached hydrogens (tertiary/aromatic N) is 2. The lowest BCUT2D eigenvalue weighted by molar-refractivity contribution is 0.494. The Morgan fingerprint density at radius 1 is 1.32 bits per heavy atom. The van der Waals surface area contributed by atoms with Crippen LogP contribution in [0.25, 0.3) is 0 Å². The van der Waals surface area contributed by atoms with E-state index in [1.807, 2.05) is 6.20 Å². The molecule has 2 heterocycles. The van der Waals surface area contributed by atoms with Crippen LogP contribution in [-0.2, 0) is 6.54 Å². The molecule has 0 radical (unpaired) electrons. The Bertz CT molecular complexity index is 393. The van der Waals surface area contributed by atoms with Crippen molar-refractivity contribution in [3.63, 3.8) is 0 Å². The topological polar surface area (TPSA) is 28.2 Å². The highest BCUT2D eigenvalue weighted by Gasteiger charge is 2.26. The van der Waals surface area contributed by atoms with Gasteiger partial charge in [-0.1, -0.05) is 27.7 Å². The molecule has 0 saturated carbocycles. The van der Waals surface area contributed by atoms with Gasteiger partial charge >= 0.3 is 0 Å². The Morgan fingerprint density at radius 3 is 2.63 bits per heavy atom. The average Bonchev–Trinajstić information content (AvgIpc) is 2.70. The second-order valence-electron chi connectivity index (χ2n) is 6.39. The van der Waals surface area contributed by atoms with Crippen LogP contribution in [0.2, 0.25) is 0 Å². The van der Waals surface area contributed by atoms with E-state index in [0.717, 1.165) is 30.6 Å². The van der Waals surface area contributed by atoms with Gasteiger partial charge in [-0.15, -0.1) is 0 Å². The minimum absolute atomic E-state index is 0.684. The third-order valence-electron chi connectivity index (χ3n) is 4.01. The summed E-state index contributed by atoms with van der Waals surface area (Å²) in [5.41, 5.74) is 2.47. The highest BCUT2D eigenvalue weighted by atomic mass is 15.2. The maximum absolute atomic E-state index is 4.46. The predicted molar refractivity (Wildman–Crippen MR) is 81.3 cm³/mol. The number of hydrogen-bond acceptors (Lipinski definition) is 3. The largest absolute Gasteiger partial charge is 0.371 e. The molecule has 1 N–H and O–H groups in total. The van der Waals surface area contributed by atoms with Crippen molar-refractivity contribution >= 4 is 5.69 Å². The molecule has 3 nitrogen and oxygen atoms in total. The van der Waals surface area contributed by atoms with Crippen LogP contribution in [0.1, 0.15) is 33.4 Å². The Balaban J connectivity index is 1.95. The molecule has 0 bridgehead atoms. The number of nitrogens with one attached hydrogen (secondary N) is 1. The molecule has 1 aliphatic heterocycles. The summed E-state index contributed by atoms with van der Waals surface area (Å²) in [6.07, 6.45) is 1.94. The van der Waals surface area contributed by atoms with Gasteiger partial charge in [0.05, 0.1) is 5.69 Å². The van der Waals surface area contributed by atoms with Crippen LogP contribution >= 0.6 is 0 Å². The molecule has 0 aromatic carbocycles. The molecule has 1 fully saturated rings. The lowest BCUT2D eigenvalue weighted by Gasteiger charge is -2.19. The minimum Gasteiger partial charge on any atom is -0.371 e. The summed E-state index contributed by atoms with van der Waals surface area (Å²) in [7, 11) is 0. The number of hydrogen-bond donors (Lipinski definition) is 1. The van der Waals surface area contributed by atoms with Crippen LogP contribution < -0.4 is 10.2 Å². The zero-order chi connectivity index (χ0) is 13.8. The molecule has 1 saturated heterocycles. The molecule has 1 aromatic heterocycles. The van der Waals surface area contributed by atoms with Crippen molar-refractivity contribution in [3.05, 3.63) is 24.0 Å². The monoisotopic (exact) mass is 261 g/mol. The number of aromatic nitrogens is 1. The summed E-state index contributed by atoms with van der Waals surface area (Å²) in [6.45, 7) is 13.4. The molecule has 2 atom stereocenters. The first-order valence-corrected chi connectivity index (χ1v) is 7.47. The Kier molecular flexibility index (Phi) is 4.81. The smallest absolute Gasteiger partial charge is 0.0562 e. The van der Waals surface area contributed by atoms with Crippen molar-refractivity contribution < 1.29 is 0 Å². The maximum Gasteiger partial charge on any atom is 0.0562 e. The molecule has 19 heavy (non-hydrogen) atoms. The Hall–Kier alpha value is -1.09. The van der Waals surface area contributed by atoms with E-state index in [1.165, 1.54) is 18.8 Å². The normalized spacial score (nSPS) is 23.3. The summed E-state index contributed by atoms with van der Waals surface area (Å²) in [4.78, 5) is 6.95. The van der Waals surface area contributed by atoms with Crippen molar-refractivity contribution in [3.8, 4) is 0 Å². The van der Waals surface area contributed by atoms with E-state index in [0.29, 0.717) is 5.92 Å². The quantitative estimate of drug-likeness (QED) is 0.883. The van der Waals surface area contributed by atoms with Crippen molar-refractivity contribution in [1.82, 2.24) is 10.3 Å². The maximum atomic E-state index is 4.46. The fourth-order valence-corrected chi connectivity index (χ4v) is 2.59. The van der Waals surface area contributed by atoms with E-state index in [2.05, 4.69) is 55.0 Å². The molecule has 2 rings (SSSR count). The van der Waals surface area contributed by atoms with Crippen LogP contribution in [-0.4, -0.2) is 24.6 Å². The third-order valence-corrected chi connectivity index (χ3v) is 4.01. The van der Waals surface area contributed by atoms with Gasteiger partial charge in [0.2, 0.25) is 0 Å². The summed E-state index contributed by atoms with van der Waals surface area (Å²) in [5, 5.41) is 3.46. The van der Waals surface area contributed by atoms with Gasteiger partial charge in [-0.3, -0.25) is 4.98 Å². The van der Waals surface area contributed by atoms with Crippen LogP contribution in [0.4, 0.5) is 5.69 Å². The lowest BCUT2D eigenvalue weighted by Crippen LogP contribution is -2.22. The summed E-state index contributed by atoms with van der Waals surface area (Å²) in [6, 6.07) is 4.37. The molecule has 1 aromatic rings. The SMILES string of the molecule is CC(C)CNCc1cc(N2CC(C)C(C)C2)ccn1. The zero-order valence-electron chi connectivity index (χ0n) is 12.7. The van der Waals surface area contributed by atoms with Crippen molar-refractivity contribution in [2.45, 2.75) is 34.2 Å². The fourth-order valence-electron chi connectivity index (χ4n) is 2.59. The van der Waals surface area contributed by atoms with E-state index in [-0.39, 0.29) is 0 Å². The lowest BCUT2D eigenvalue weighted by atomic mass is 10.0. The molecule has 0 aliphatic carbocycles. The Morgan fingerprint density at radius 2 is 2.00 bits per heavy atom. The van der Waals surface area contributed by atoms with Gasteiger partial charge in [0.25, 0.3) is 0 Å². The second-order valence-corrected chi connectivity index (χ2v) is 6.39. The van der Waals surface area contributed by atoms with Crippen LogP contribution in [0.15, 0.2) is 18.3 Å². The first kappa shape index (κ1) is 14.3. The number of rotatable bonds is 5. The average molecular weight is 261 g/mol. The van der Waals surface area contributed by atoms with E-state index in [1.54, 1.807) is 0 Å². The highest BCUT2D eigenvalue weighted by Crippen LogP contribution is 2.27. The summed E-state index contributed by atoms with van der Waals surface area (Å²) < 4.78 is 0. The molecular weight excluding hydrogens is 234 g/mol. The molecule has 106 valence electrons. The van der Waals surface area contributed by atoms with Crippen LogP contribution in [0.5, 0.6) is 0 Å². The highest BCUT2D eigenvalue weighted by molar-refractivity contribution is 5.47. The van der Waals surface area contributed by atoms with Gasteiger partial charge in [-0.25, -0.2) is 0 Å². The molecule has 1 aliphatic rings. The van der Waals surface area contributed by atoms with Crippen molar-refractivity contribution in [1.29, 1.82) is 0 Å². The van der Waals surface area contributed by atoms with Crippen molar-refractivity contribution in [2.75, 3.05) is 24.5 Å². The van der Waals surface area contributed by atoms with E-state index in [4.69, 9.17) is 0 Å². The van der Waals surface area contributed by atoms with Gasteiger partial charge in [-0.2, -0.15) is 0 Å². The van der Waals surface area contributed by atoms with Gasteiger partial charge in [-0.05, 0) is 36.4 Å². The summed E-state index contributed by atoms with van der Waals surface area (Å²) in [5.74, 6) is 2.26. The van der Waals surface area contributed by atoms with Gasteiger partial charge in [0.1, 0.15) is 0 Å². The molecule has 0 spiro atoms. The summed E-state index contributed by atoms with van der Waals surface area (Å²) >= 11 is 0. The van der Waals surface area contributed by atoms with Gasteiger partial charge < -0.3 is 10.2 Å². The zero-order valence-corrected chi connectivity index (χ0v) is 12.7. The van der Waals surface area contributed by atoms with Gasteiger partial charge in [0, 0.05) is 31.5 Å². The molecular formula is C16H27N3. The van der Waals surface area contributed by atoms with Crippen LogP contribution in [0, 0.1) is 17.8 Å². The van der Waals surface area contributed by atoms with E-state index < -0.39 is 0 Å². The number of pyridine rings is 1. The van der Waals surface area contributed by atoms with E-state index >= 15 is 0 Å².